The molecule has 0 spiro atoms. The number of rotatable bonds is 5. The summed E-state index contributed by atoms with van der Waals surface area (Å²) in [4.78, 5) is 32.1. The van der Waals surface area contributed by atoms with E-state index < -0.39 is 17.3 Å². The summed E-state index contributed by atoms with van der Waals surface area (Å²) in [6, 6.07) is 13.4. The van der Waals surface area contributed by atoms with Crippen molar-refractivity contribution in [3.63, 3.8) is 0 Å². The van der Waals surface area contributed by atoms with Crippen molar-refractivity contribution in [1.82, 2.24) is 15.2 Å². The molecule has 0 saturated carbocycles. The van der Waals surface area contributed by atoms with Crippen LogP contribution in [0.4, 0.5) is 4.39 Å². The molecule has 7 heteroatoms. The van der Waals surface area contributed by atoms with E-state index in [2.05, 4.69) is 16.4 Å². The quantitative estimate of drug-likeness (QED) is 0.646. The number of fused-ring (bicyclic) bond motifs is 1. The summed E-state index contributed by atoms with van der Waals surface area (Å²) >= 11 is 0. The first-order valence-electron chi connectivity index (χ1n) is 11.1. The van der Waals surface area contributed by atoms with Crippen molar-refractivity contribution in [3.05, 3.63) is 77.9 Å². The van der Waals surface area contributed by atoms with Crippen LogP contribution in [0.25, 0.3) is 10.8 Å². The van der Waals surface area contributed by atoms with Crippen LogP contribution in [-0.2, 0) is 16.0 Å². The highest BCUT2D eigenvalue weighted by molar-refractivity contribution is 5.99. The molecule has 3 aromatic rings. The van der Waals surface area contributed by atoms with E-state index in [0.717, 1.165) is 22.8 Å². The van der Waals surface area contributed by atoms with E-state index in [4.69, 9.17) is 4.74 Å². The lowest BCUT2D eigenvalue weighted by atomic mass is 9.95. The number of pyridine rings is 1. The maximum absolute atomic E-state index is 13.4. The third-order valence-electron chi connectivity index (χ3n) is 5.95. The molecule has 1 saturated heterocycles. The van der Waals surface area contributed by atoms with E-state index in [-0.39, 0.29) is 11.8 Å². The third kappa shape index (κ3) is 5.37. The zero-order valence-corrected chi connectivity index (χ0v) is 18.9. The predicted octanol–water partition coefficient (Wildman–Crippen LogP) is 3.60. The molecule has 0 unspecified atom stereocenters. The Bertz CT molecular complexity index is 1140. The highest BCUT2D eigenvalue weighted by atomic mass is 19.1. The summed E-state index contributed by atoms with van der Waals surface area (Å²) in [6.07, 6.45) is 4.47. The summed E-state index contributed by atoms with van der Waals surface area (Å²) in [7, 11) is 0. The van der Waals surface area contributed by atoms with Gasteiger partial charge in [-0.3, -0.25) is 14.6 Å². The van der Waals surface area contributed by atoms with Crippen molar-refractivity contribution >= 4 is 22.6 Å². The van der Waals surface area contributed by atoms with Gasteiger partial charge in [0.2, 0.25) is 5.91 Å². The molecule has 1 atom stereocenters. The van der Waals surface area contributed by atoms with Crippen LogP contribution in [0.3, 0.4) is 0 Å². The van der Waals surface area contributed by atoms with Crippen LogP contribution >= 0.6 is 0 Å². The van der Waals surface area contributed by atoms with E-state index in [9.17, 15) is 14.0 Å². The van der Waals surface area contributed by atoms with Crippen LogP contribution in [-0.4, -0.2) is 53.5 Å². The van der Waals surface area contributed by atoms with E-state index >= 15 is 0 Å². The monoisotopic (exact) mass is 449 g/mol. The Morgan fingerprint density at radius 3 is 2.70 bits per heavy atom. The Labute approximate surface area is 192 Å². The van der Waals surface area contributed by atoms with Crippen molar-refractivity contribution in [2.24, 2.45) is 5.92 Å². The molecular weight excluding hydrogens is 421 g/mol. The van der Waals surface area contributed by atoms with Gasteiger partial charge in [-0.05, 0) is 55.5 Å². The lowest BCUT2D eigenvalue weighted by Crippen LogP contribution is -2.56. The number of ether oxygens (including phenoxy) is 1. The van der Waals surface area contributed by atoms with Crippen molar-refractivity contribution in [2.75, 3.05) is 26.3 Å². The Morgan fingerprint density at radius 1 is 1.15 bits per heavy atom. The van der Waals surface area contributed by atoms with Gasteiger partial charge in [0.1, 0.15) is 11.4 Å². The number of hydrogen-bond donors (Lipinski definition) is 1. The SMILES string of the molecule is CC(C)(NC(=O)c1ccc(F)cc1)C(=O)N1CCOC[C@H](Cc2cncc3ccccc23)C1. The molecule has 33 heavy (non-hydrogen) atoms. The fourth-order valence-electron chi connectivity index (χ4n) is 4.25. The average Bonchev–Trinajstić information content (AvgIpc) is 3.04. The highest BCUT2D eigenvalue weighted by Crippen LogP contribution is 2.22. The number of hydrogen-bond acceptors (Lipinski definition) is 4. The summed E-state index contributed by atoms with van der Waals surface area (Å²) in [5, 5.41) is 5.03. The molecule has 1 aliphatic heterocycles. The predicted molar refractivity (Wildman–Crippen MR) is 124 cm³/mol. The lowest BCUT2D eigenvalue weighted by Gasteiger charge is -2.33. The van der Waals surface area contributed by atoms with E-state index in [1.165, 1.54) is 24.3 Å². The number of nitrogens with one attached hydrogen (secondary N) is 1. The highest BCUT2D eigenvalue weighted by Gasteiger charge is 2.35. The first-order chi connectivity index (χ1) is 15.8. The summed E-state index contributed by atoms with van der Waals surface area (Å²) < 4.78 is 19.0. The Balaban J connectivity index is 1.46. The summed E-state index contributed by atoms with van der Waals surface area (Å²) in [5.74, 6) is -0.908. The molecule has 1 aromatic heterocycles. The van der Waals surface area contributed by atoms with Gasteiger partial charge in [-0.15, -0.1) is 0 Å². The van der Waals surface area contributed by atoms with Gasteiger partial charge in [0, 0.05) is 42.4 Å². The topological polar surface area (TPSA) is 71.5 Å². The number of nitrogens with zero attached hydrogens (tertiary/aromatic N) is 2. The molecule has 2 heterocycles. The molecule has 0 aliphatic carbocycles. The van der Waals surface area contributed by atoms with Crippen molar-refractivity contribution in [3.8, 4) is 0 Å². The molecule has 2 aromatic carbocycles. The first kappa shape index (κ1) is 22.9. The van der Waals surface area contributed by atoms with Crippen LogP contribution in [0.5, 0.6) is 0 Å². The minimum atomic E-state index is -1.12. The zero-order valence-electron chi connectivity index (χ0n) is 18.9. The number of carbonyl (C=O) groups is 2. The molecule has 1 N–H and O–H groups in total. The standard InChI is InChI=1S/C26H28FN3O3/c1-26(2,29-24(31)19-7-9-22(27)10-8-19)25(32)30-11-12-33-17-18(16-30)13-21-15-28-14-20-5-3-4-6-23(20)21/h3-10,14-15,18H,11-13,16-17H2,1-2H3,(H,29,31)/t18-/m1/s1. The molecule has 1 aliphatic rings. The number of benzene rings is 2. The molecule has 2 amide bonds. The van der Waals surface area contributed by atoms with Crippen LogP contribution in [0.2, 0.25) is 0 Å². The zero-order chi connectivity index (χ0) is 23.4. The van der Waals surface area contributed by atoms with Gasteiger partial charge in [0.25, 0.3) is 5.91 Å². The van der Waals surface area contributed by atoms with Gasteiger partial charge in [0.15, 0.2) is 0 Å². The van der Waals surface area contributed by atoms with Crippen LogP contribution in [0.15, 0.2) is 60.9 Å². The largest absolute Gasteiger partial charge is 0.379 e. The van der Waals surface area contributed by atoms with Crippen molar-refractivity contribution in [2.45, 2.75) is 25.8 Å². The van der Waals surface area contributed by atoms with Gasteiger partial charge in [0.05, 0.1) is 13.2 Å². The van der Waals surface area contributed by atoms with Gasteiger partial charge in [-0.1, -0.05) is 24.3 Å². The molecule has 6 nitrogen and oxygen atoms in total. The van der Waals surface area contributed by atoms with Gasteiger partial charge in [-0.25, -0.2) is 4.39 Å². The van der Waals surface area contributed by atoms with Crippen molar-refractivity contribution in [1.29, 1.82) is 0 Å². The van der Waals surface area contributed by atoms with Gasteiger partial charge < -0.3 is 15.0 Å². The number of carbonyl (C=O) groups excluding carboxylic acids is 2. The first-order valence-corrected chi connectivity index (χ1v) is 11.1. The second-order valence-electron chi connectivity index (χ2n) is 9.00. The van der Waals surface area contributed by atoms with E-state index in [0.29, 0.717) is 31.9 Å². The third-order valence-corrected chi connectivity index (χ3v) is 5.95. The maximum Gasteiger partial charge on any atom is 0.252 e. The van der Waals surface area contributed by atoms with Crippen molar-refractivity contribution < 1.29 is 18.7 Å². The summed E-state index contributed by atoms with van der Waals surface area (Å²) in [6.45, 7) is 5.35. The molecule has 4 rings (SSSR count). The smallest absolute Gasteiger partial charge is 0.252 e. The number of halogens is 1. The minimum absolute atomic E-state index is 0.104. The van der Waals surface area contributed by atoms with Gasteiger partial charge >= 0.3 is 0 Å². The lowest BCUT2D eigenvalue weighted by molar-refractivity contribution is -0.137. The Hall–Kier alpha value is -3.32. The second-order valence-corrected chi connectivity index (χ2v) is 9.00. The summed E-state index contributed by atoms with van der Waals surface area (Å²) in [5.41, 5.74) is 0.305. The number of aromatic nitrogens is 1. The fourth-order valence-corrected chi connectivity index (χ4v) is 4.25. The number of amides is 2. The fraction of sp³-hybridized carbons (Fsp3) is 0.346. The van der Waals surface area contributed by atoms with Crippen LogP contribution < -0.4 is 5.32 Å². The molecule has 1 fully saturated rings. The van der Waals surface area contributed by atoms with Gasteiger partial charge in [-0.2, -0.15) is 0 Å². The molecular formula is C26H28FN3O3. The van der Waals surface area contributed by atoms with Crippen LogP contribution in [0, 0.1) is 11.7 Å². The van der Waals surface area contributed by atoms with Crippen LogP contribution in [0.1, 0.15) is 29.8 Å². The van der Waals surface area contributed by atoms with E-state index in [1.807, 2.05) is 30.6 Å². The average molecular weight is 450 g/mol. The van der Waals surface area contributed by atoms with E-state index in [1.54, 1.807) is 18.7 Å². The Kier molecular flexibility index (Phi) is 6.70. The molecule has 0 radical (unpaired) electrons. The Morgan fingerprint density at radius 2 is 1.91 bits per heavy atom. The normalized spacial score (nSPS) is 16.9. The molecule has 0 bridgehead atoms. The second kappa shape index (κ2) is 9.67. The molecule has 172 valence electrons. The maximum atomic E-state index is 13.4. The minimum Gasteiger partial charge on any atom is -0.379 e.